The number of hydrogen-bond donors (Lipinski definition) is 0. The molecule has 1 aliphatic carbocycles. The molecule has 3 heterocycles. The molecule has 0 unspecified atom stereocenters. The molecular weight excluding hydrogens is 673 g/mol. The van der Waals surface area contributed by atoms with Gasteiger partial charge in [0, 0.05) is 32.5 Å². The van der Waals surface area contributed by atoms with Crippen LogP contribution in [-0.4, -0.2) is 9.97 Å². The molecule has 2 aromatic carbocycles. The minimum atomic E-state index is 0. The van der Waals surface area contributed by atoms with Crippen LogP contribution in [0.1, 0.15) is 64.9 Å². The molecule has 4 heteroatoms. The number of benzene rings is 2. The van der Waals surface area contributed by atoms with Gasteiger partial charge >= 0.3 is 0 Å². The van der Waals surface area contributed by atoms with Gasteiger partial charge < -0.3 is 9.97 Å². The van der Waals surface area contributed by atoms with E-state index in [2.05, 4.69) is 94.3 Å². The van der Waals surface area contributed by atoms with E-state index in [1.54, 1.807) is 10.4 Å². The van der Waals surface area contributed by atoms with Gasteiger partial charge in [-0.25, -0.2) is 0 Å². The Kier molecular flexibility index (Phi) is 9.88. The molecule has 0 amide bonds. The van der Waals surface area contributed by atoms with Crippen molar-refractivity contribution in [1.29, 1.82) is 0 Å². The Balaban J connectivity index is 0.000000192. The average molecular weight is 709 g/mol. The molecule has 1 aliphatic rings. The smallest absolute Gasteiger partial charge is 0.0195 e. The molecule has 2 nitrogen and oxygen atoms in total. The molecule has 0 fully saturated rings. The second-order valence-corrected chi connectivity index (χ2v) is 11.4. The summed E-state index contributed by atoms with van der Waals surface area (Å²) in [5, 5.41) is 1.44. The second-order valence-electron chi connectivity index (χ2n) is 10.3. The molecule has 1 radical (unpaired) electrons. The SMILES string of the molecule is CCc1cnc(-c2[c-]ccc3c4c(sc23)CCCC4)cc1CC.Cc1c[c-]c(-c2cc(C)c(C)cn2)cc1.[Ir]. The van der Waals surface area contributed by atoms with E-state index in [1.165, 1.54) is 69.2 Å². The molecule has 6 rings (SSSR count). The molecular formula is C35H36IrN2S-2. The molecule has 39 heavy (non-hydrogen) atoms. The van der Waals surface area contributed by atoms with Crippen LogP contribution in [0.25, 0.3) is 32.6 Å². The van der Waals surface area contributed by atoms with Crippen LogP contribution in [0, 0.1) is 32.9 Å². The minimum Gasteiger partial charge on any atom is -0.304 e. The van der Waals surface area contributed by atoms with Crippen LogP contribution in [0.5, 0.6) is 0 Å². The molecule has 0 aliphatic heterocycles. The number of aromatic nitrogens is 2. The third-order valence-electron chi connectivity index (χ3n) is 7.63. The summed E-state index contributed by atoms with van der Waals surface area (Å²) in [4.78, 5) is 10.8. The van der Waals surface area contributed by atoms with E-state index in [0.717, 1.165) is 29.8 Å². The van der Waals surface area contributed by atoms with Gasteiger partial charge in [0.05, 0.1) is 0 Å². The first-order valence-corrected chi connectivity index (χ1v) is 14.6. The summed E-state index contributed by atoms with van der Waals surface area (Å²) in [7, 11) is 0. The van der Waals surface area contributed by atoms with Crippen molar-refractivity contribution in [2.45, 2.75) is 73.1 Å². The van der Waals surface area contributed by atoms with Gasteiger partial charge in [-0.2, -0.15) is 11.3 Å². The fraction of sp³-hybridized carbons (Fsp3) is 0.314. The summed E-state index contributed by atoms with van der Waals surface area (Å²) < 4.78 is 1.39. The Labute approximate surface area is 251 Å². The van der Waals surface area contributed by atoms with Crippen molar-refractivity contribution in [2.75, 3.05) is 0 Å². The predicted molar refractivity (Wildman–Crippen MR) is 162 cm³/mol. The van der Waals surface area contributed by atoms with Gasteiger partial charge in [0.1, 0.15) is 0 Å². The number of nitrogens with zero attached hydrogens (tertiary/aromatic N) is 2. The number of fused-ring (bicyclic) bond motifs is 3. The number of pyridine rings is 2. The topological polar surface area (TPSA) is 25.8 Å². The monoisotopic (exact) mass is 709 g/mol. The van der Waals surface area contributed by atoms with Crippen LogP contribution in [0.2, 0.25) is 0 Å². The molecule has 0 saturated carbocycles. The fourth-order valence-corrected chi connectivity index (χ4v) is 6.55. The van der Waals surface area contributed by atoms with Crippen molar-refractivity contribution in [3.63, 3.8) is 0 Å². The standard InChI is InChI=1S/C21H22NS.C14H14N.Ir/c1-3-14-12-19(22-13-15(14)4-2)18-10-7-9-17-16-8-5-6-11-20(16)23-21(17)18;1-10-4-6-13(7-5-10)14-8-11(2)12(3)9-15-14;/h7,9,12-13H,3-6,8,11H2,1-2H3;4-6,8-9H,1-3H3;/q2*-1;. The van der Waals surface area contributed by atoms with E-state index in [4.69, 9.17) is 4.98 Å². The van der Waals surface area contributed by atoms with E-state index in [9.17, 15) is 0 Å². The summed E-state index contributed by atoms with van der Waals surface area (Å²) in [6, 6.07) is 21.6. The van der Waals surface area contributed by atoms with Gasteiger partial charge in [-0.05, 0) is 90.0 Å². The summed E-state index contributed by atoms with van der Waals surface area (Å²) in [6.45, 7) is 10.7. The van der Waals surface area contributed by atoms with Crippen LogP contribution in [0.4, 0.5) is 0 Å². The van der Waals surface area contributed by atoms with Crippen molar-refractivity contribution in [1.82, 2.24) is 9.97 Å². The zero-order chi connectivity index (χ0) is 26.6. The molecule has 0 spiro atoms. The Morgan fingerprint density at radius 3 is 2.31 bits per heavy atom. The maximum Gasteiger partial charge on any atom is 0.0195 e. The summed E-state index contributed by atoms with van der Waals surface area (Å²) in [5.74, 6) is 0. The number of aryl methyl sites for hydroxylation is 7. The first-order valence-electron chi connectivity index (χ1n) is 13.8. The normalized spacial score (nSPS) is 12.3. The third-order valence-corrected chi connectivity index (χ3v) is 8.96. The van der Waals surface area contributed by atoms with E-state index < -0.39 is 0 Å². The zero-order valence-electron chi connectivity index (χ0n) is 23.6. The van der Waals surface area contributed by atoms with Gasteiger partial charge in [-0.3, -0.25) is 0 Å². The first-order chi connectivity index (χ1) is 18.5. The molecule has 3 aromatic heterocycles. The third kappa shape index (κ3) is 6.40. The van der Waals surface area contributed by atoms with Gasteiger partial charge in [0.25, 0.3) is 0 Å². The number of hydrogen-bond acceptors (Lipinski definition) is 3. The maximum atomic E-state index is 4.76. The van der Waals surface area contributed by atoms with E-state index in [-0.39, 0.29) is 20.1 Å². The Morgan fingerprint density at radius 1 is 0.821 bits per heavy atom. The van der Waals surface area contributed by atoms with Crippen LogP contribution in [0.15, 0.2) is 54.9 Å². The summed E-state index contributed by atoms with van der Waals surface area (Å²) in [6.07, 6.45) is 11.2. The quantitative estimate of drug-likeness (QED) is 0.174. The van der Waals surface area contributed by atoms with E-state index in [1.807, 2.05) is 23.6 Å². The maximum absolute atomic E-state index is 4.76. The predicted octanol–water partition coefficient (Wildman–Crippen LogP) is 9.24. The van der Waals surface area contributed by atoms with Crippen LogP contribution in [-0.2, 0) is 45.8 Å². The van der Waals surface area contributed by atoms with Gasteiger partial charge in [-0.15, -0.1) is 59.2 Å². The van der Waals surface area contributed by atoms with Gasteiger partial charge in [0.15, 0.2) is 0 Å². The molecule has 0 bridgehead atoms. The molecule has 0 saturated heterocycles. The van der Waals surface area contributed by atoms with Gasteiger partial charge in [0.2, 0.25) is 0 Å². The Hall–Kier alpha value is -2.65. The average Bonchev–Trinajstić information content (AvgIpc) is 3.34. The van der Waals surface area contributed by atoms with Crippen molar-refractivity contribution in [2.24, 2.45) is 0 Å². The van der Waals surface area contributed by atoms with Crippen LogP contribution >= 0.6 is 11.3 Å². The Morgan fingerprint density at radius 2 is 1.59 bits per heavy atom. The van der Waals surface area contributed by atoms with Gasteiger partial charge in [-0.1, -0.05) is 49.4 Å². The molecule has 203 valence electrons. The number of thiophene rings is 1. The first kappa shape index (κ1) is 29.3. The van der Waals surface area contributed by atoms with Crippen molar-refractivity contribution >= 4 is 21.4 Å². The summed E-state index contributed by atoms with van der Waals surface area (Å²) in [5.41, 5.74) is 12.4. The fourth-order valence-electron chi connectivity index (χ4n) is 5.16. The number of rotatable bonds is 4. The zero-order valence-corrected chi connectivity index (χ0v) is 26.8. The minimum absolute atomic E-state index is 0. The van der Waals surface area contributed by atoms with Crippen LogP contribution < -0.4 is 0 Å². The molecule has 0 N–H and O–H groups in total. The largest absolute Gasteiger partial charge is 0.304 e. The van der Waals surface area contributed by atoms with Crippen molar-refractivity contribution in [3.05, 3.63) is 105 Å². The van der Waals surface area contributed by atoms with Crippen molar-refractivity contribution in [3.8, 4) is 22.5 Å². The second kappa shape index (κ2) is 13.1. The summed E-state index contributed by atoms with van der Waals surface area (Å²) >= 11 is 1.97. The Bertz CT molecular complexity index is 1570. The van der Waals surface area contributed by atoms with E-state index >= 15 is 0 Å². The van der Waals surface area contributed by atoms with E-state index in [0.29, 0.717) is 0 Å². The molecule has 5 aromatic rings. The van der Waals surface area contributed by atoms with Crippen molar-refractivity contribution < 1.29 is 20.1 Å². The van der Waals surface area contributed by atoms with Crippen LogP contribution in [0.3, 0.4) is 0 Å². The molecule has 0 atom stereocenters.